The van der Waals surface area contributed by atoms with Crippen LogP contribution in [0.3, 0.4) is 0 Å². The van der Waals surface area contributed by atoms with Crippen molar-refractivity contribution in [2.75, 3.05) is 31.1 Å². The summed E-state index contributed by atoms with van der Waals surface area (Å²) in [7, 11) is 0. The number of piperazine rings is 1. The quantitative estimate of drug-likeness (QED) is 0.803. The maximum atomic E-state index is 12.8. The van der Waals surface area contributed by atoms with E-state index in [4.69, 9.17) is 0 Å². The largest absolute Gasteiger partial charge is 0.368 e. The minimum Gasteiger partial charge on any atom is -0.368 e. The fourth-order valence-corrected chi connectivity index (χ4v) is 4.27. The van der Waals surface area contributed by atoms with Crippen molar-refractivity contribution in [1.82, 2.24) is 4.90 Å². The van der Waals surface area contributed by atoms with Gasteiger partial charge in [0.2, 0.25) is 5.91 Å². The molecule has 1 saturated carbocycles. The zero-order valence-corrected chi connectivity index (χ0v) is 15.1. The first-order valence-electron chi connectivity index (χ1n) is 9.86. The molecule has 3 heteroatoms. The van der Waals surface area contributed by atoms with Gasteiger partial charge in [-0.25, -0.2) is 0 Å². The molecule has 24 heavy (non-hydrogen) atoms. The molecule has 0 N–H and O–H groups in total. The molecule has 1 aliphatic heterocycles. The van der Waals surface area contributed by atoms with Gasteiger partial charge in [-0.2, -0.15) is 0 Å². The van der Waals surface area contributed by atoms with Crippen LogP contribution in [-0.2, 0) is 4.79 Å². The Labute approximate surface area is 147 Å². The lowest BCUT2D eigenvalue weighted by molar-refractivity contribution is -0.137. The summed E-state index contributed by atoms with van der Waals surface area (Å²) in [6, 6.07) is 10.6. The van der Waals surface area contributed by atoms with E-state index >= 15 is 0 Å². The van der Waals surface area contributed by atoms with Crippen molar-refractivity contribution >= 4 is 11.6 Å². The summed E-state index contributed by atoms with van der Waals surface area (Å²) in [4.78, 5) is 17.3. The molecule has 2 aliphatic rings. The Morgan fingerprint density at radius 3 is 2.29 bits per heavy atom. The van der Waals surface area contributed by atoms with E-state index in [-0.39, 0.29) is 0 Å². The number of carbonyl (C=O) groups excluding carboxylic acids is 1. The molecule has 2 fully saturated rings. The van der Waals surface area contributed by atoms with Crippen molar-refractivity contribution in [3.05, 3.63) is 30.3 Å². The Morgan fingerprint density at radius 1 is 1.00 bits per heavy atom. The Hall–Kier alpha value is -1.51. The van der Waals surface area contributed by atoms with Crippen LogP contribution in [0.1, 0.15) is 51.9 Å². The average Bonchev–Trinajstić information content (AvgIpc) is 2.67. The predicted octanol–water partition coefficient (Wildman–Crippen LogP) is 4.33. The van der Waals surface area contributed by atoms with E-state index in [1.807, 2.05) is 0 Å². The van der Waals surface area contributed by atoms with Gasteiger partial charge < -0.3 is 9.80 Å². The summed E-state index contributed by atoms with van der Waals surface area (Å²) in [5, 5.41) is 0. The standard InChI is InChI=1S/C21H32N2O/c1-2-3-7-18-10-12-19(13-11-18)21(24)23-16-14-22(15-17-23)20-8-5-4-6-9-20/h4-6,8-9,18-19H,2-3,7,10-17H2,1H3. The zero-order valence-electron chi connectivity index (χ0n) is 15.1. The topological polar surface area (TPSA) is 23.6 Å². The van der Waals surface area contributed by atoms with Crippen LogP contribution in [-0.4, -0.2) is 37.0 Å². The first-order chi connectivity index (χ1) is 11.8. The van der Waals surface area contributed by atoms with E-state index in [9.17, 15) is 4.79 Å². The van der Waals surface area contributed by atoms with Crippen LogP contribution >= 0.6 is 0 Å². The van der Waals surface area contributed by atoms with E-state index in [1.54, 1.807) is 0 Å². The molecule has 1 amide bonds. The number of rotatable bonds is 5. The first-order valence-corrected chi connectivity index (χ1v) is 9.86. The summed E-state index contributed by atoms with van der Waals surface area (Å²) in [6.45, 7) is 5.94. The van der Waals surface area contributed by atoms with Crippen LogP contribution in [0.2, 0.25) is 0 Å². The van der Waals surface area contributed by atoms with Gasteiger partial charge in [0.05, 0.1) is 0 Å². The van der Waals surface area contributed by atoms with Crippen LogP contribution in [0.25, 0.3) is 0 Å². The number of hydrogen-bond donors (Lipinski definition) is 0. The lowest BCUT2D eigenvalue weighted by atomic mass is 9.79. The molecule has 1 aromatic rings. The van der Waals surface area contributed by atoms with Crippen molar-refractivity contribution < 1.29 is 4.79 Å². The van der Waals surface area contributed by atoms with Gasteiger partial charge in [0.25, 0.3) is 0 Å². The minimum atomic E-state index is 0.297. The molecule has 0 atom stereocenters. The third-order valence-electron chi connectivity index (χ3n) is 5.87. The highest BCUT2D eigenvalue weighted by molar-refractivity contribution is 5.79. The molecule has 1 aliphatic carbocycles. The highest BCUT2D eigenvalue weighted by Gasteiger charge is 2.30. The van der Waals surface area contributed by atoms with Gasteiger partial charge in [-0.3, -0.25) is 4.79 Å². The summed E-state index contributed by atoms with van der Waals surface area (Å²) >= 11 is 0. The van der Waals surface area contributed by atoms with Gasteiger partial charge in [-0.05, 0) is 43.7 Å². The normalized spacial score (nSPS) is 24.9. The van der Waals surface area contributed by atoms with Gasteiger partial charge in [0.15, 0.2) is 0 Å². The fourth-order valence-electron chi connectivity index (χ4n) is 4.27. The van der Waals surface area contributed by atoms with Crippen molar-refractivity contribution in [1.29, 1.82) is 0 Å². The second-order valence-corrected chi connectivity index (χ2v) is 7.51. The number of amides is 1. The molecule has 0 spiro atoms. The Kier molecular flexibility index (Phi) is 6.17. The molecular weight excluding hydrogens is 296 g/mol. The average molecular weight is 329 g/mol. The van der Waals surface area contributed by atoms with Crippen molar-refractivity contribution in [3.8, 4) is 0 Å². The van der Waals surface area contributed by atoms with Crippen molar-refractivity contribution in [3.63, 3.8) is 0 Å². The second-order valence-electron chi connectivity index (χ2n) is 7.51. The third-order valence-corrected chi connectivity index (χ3v) is 5.87. The number of nitrogens with zero attached hydrogens (tertiary/aromatic N) is 2. The molecular formula is C21H32N2O. The monoisotopic (exact) mass is 328 g/mol. The summed E-state index contributed by atoms with van der Waals surface area (Å²) in [5.74, 6) is 1.60. The van der Waals surface area contributed by atoms with Crippen LogP contribution in [0.15, 0.2) is 30.3 Å². The smallest absolute Gasteiger partial charge is 0.225 e. The molecule has 1 aromatic carbocycles. The van der Waals surface area contributed by atoms with Crippen molar-refractivity contribution in [2.45, 2.75) is 51.9 Å². The molecule has 1 saturated heterocycles. The molecule has 3 rings (SSSR count). The molecule has 3 nitrogen and oxygen atoms in total. The molecule has 132 valence electrons. The third kappa shape index (κ3) is 4.31. The highest BCUT2D eigenvalue weighted by atomic mass is 16.2. The van der Waals surface area contributed by atoms with E-state index in [2.05, 4.69) is 47.1 Å². The number of hydrogen-bond acceptors (Lipinski definition) is 2. The van der Waals surface area contributed by atoms with Gasteiger partial charge in [0.1, 0.15) is 0 Å². The maximum Gasteiger partial charge on any atom is 0.225 e. The SMILES string of the molecule is CCCCC1CCC(C(=O)N2CCN(c3ccccc3)CC2)CC1. The molecule has 0 aromatic heterocycles. The molecule has 1 heterocycles. The number of para-hydroxylation sites is 1. The van der Waals surface area contributed by atoms with E-state index in [0.29, 0.717) is 11.8 Å². The Morgan fingerprint density at radius 2 is 1.67 bits per heavy atom. The molecule has 0 bridgehead atoms. The van der Waals surface area contributed by atoms with Crippen LogP contribution in [0.5, 0.6) is 0 Å². The van der Waals surface area contributed by atoms with Crippen molar-refractivity contribution in [2.24, 2.45) is 11.8 Å². The maximum absolute atomic E-state index is 12.8. The minimum absolute atomic E-state index is 0.297. The zero-order chi connectivity index (χ0) is 16.8. The molecule has 0 radical (unpaired) electrons. The summed E-state index contributed by atoms with van der Waals surface area (Å²) in [5.41, 5.74) is 1.28. The summed E-state index contributed by atoms with van der Waals surface area (Å²) in [6.07, 6.45) is 8.78. The summed E-state index contributed by atoms with van der Waals surface area (Å²) < 4.78 is 0. The number of unbranched alkanes of at least 4 members (excludes halogenated alkanes) is 1. The van der Waals surface area contributed by atoms with Crippen LogP contribution in [0, 0.1) is 11.8 Å². The number of carbonyl (C=O) groups is 1. The van der Waals surface area contributed by atoms with Gasteiger partial charge in [0, 0.05) is 37.8 Å². The predicted molar refractivity (Wildman–Crippen MR) is 100 cm³/mol. The van der Waals surface area contributed by atoms with E-state index in [1.165, 1.54) is 37.8 Å². The Bertz CT molecular complexity index is 500. The van der Waals surface area contributed by atoms with Gasteiger partial charge in [-0.15, -0.1) is 0 Å². The lowest BCUT2D eigenvalue weighted by Crippen LogP contribution is -2.50. The van der Waals surface area contributed by atoms with Gasteiger partial charge in [-0.1, -0.05) is 44.4 Å². The van der Waals surface area contributed by atoms with Gasteiger partial charge >= 0.3 is 0 Å². The molecule has 0 unspecified atom stereocenters. The highest BCUT2D eigenvalue weighted by Crippen LogP contribution is 2.33. The van der Waals surface area contributed by atoms with Crippen LogP contribution in [0.4, 0.5) is 5.69 Å². The second kappa shape index (κ2) is 8.55. The van der Waals surface area contributed by atoms with Crippen LogP contribution < -0.4 is 4.90 Å². The fraction of sp³-hybridized carbons (Fsp3) is 0.667. The van der Waals surface area contributed by atoms with E-state index in [0.717, 1.165) is 44.9 Å². The Balaban J connectivity index is 1.44. The number of anilines is 1. The lowest BCUT2D eigenvalue weighted by Gasteiger charge is -2.38. The first kappa shape index (κ1) is 17.3. The van der Waals surface area contributed by atoms with E-state index < -0.39 is 0 Å². The number of benzene rings is 1.